The summed E-state index contributed by atoms with van der Waals surface area (Å²) < 4.78 is 0. The third-order valence-electron chi connectivity index (χ3n) is 4.73. The van der Waals surface area contributed by atoms with Crippen LogP contribution in [-0.4, -0.2) is 62.2 Å². The Labute approximate surface area is 107 Å². The minimum absolute atomic E-state index is 0.440. The first-order chi connectivity index (χ1) is 8.17. The van der Waals surface area contributed by atoms with Crippen LogP contribution in [0.1, 0.15) is 33.1 Å². The Bertz CT molecular complexity index is 244. The molecule has 2 atom stereocenters. The molecular formula is C14H29N3. The molecule has 0 aromatic heterocycles. The van der Waals surface area contributed by atoms with Crippen LogP contribution in [0.3, 0.4) is 0 Å². The van der Waals surface area contributed by atoms with Gasteiger partial charge in [0, 0.05) is 38.8 Å². The molecule has 0 aromatic carbocycles. The molecule has 0 spiro atoms. The molecule has 17 heavy (non-hydrogen) atoms. The van der Waals surface area contributed by atoms with E-state index in [4.69, 9.17) is 0 Å². The second-order valence-electron chi connectivity index (χ2n) is 6.26. The van der Waals surface area contributed by atoms with Crippen LogP contribution >= 0.6 is 0 Å². The fraction of sp³-hybridized carbons (Fsp3) is 1.00. The summed E-state index contributed by atoms with van der Waals surface area (Å²) in [6.07, 6.45) is 4.10. The zero-order valence-electron chi connectivity index (χ0n) is 11.8. The van der Waals surface area contributed by atoms with Gasteiger partial charge in [-0.05, 0) is 38.3 Å². The summed E-state index contributed by atoms with van der Waals surface area (Å²) in [5.74, 6) is 0. The molecule has 0 aliphatic carbocycles. The zero-order valence-corrected chi connectivity index (χ0v) is 11.8. The lowest BCUT2D eigenvalue weighted by Gasteiger charge is -2.42. The molecule has 3 heteroatoms. The van der Waals surface area contributed by atoms with E-state index in [1.165, 1.54) is 52.0 Å². The smallest absolute Gasteiger partial charge is 0.0224 e. The summed E-state index contributed by atoms with van der Waals surface area (Å²) in [5, 5.41) is 3.36. The van der Waals surface area contributed by atoms with E-state index < -0.39 is 0 Å². The predicted octanol–water partition coefficient (Wildman–Crippen LogP) is 1.40. The van der Waals surface area contributed by atoms with Crippen molar-refractivity contribution in [3.63, 3.8) is 0 Å². The van der Waals surface area contributed by atoms with Gasteiger partial charge in [0.2, 0.25) is 0 Å². The Morgan fingerprint density at radius 3 is 2.82 bits per heavy atom. The Morgan fingerprint density at radius 1 is 1.29 bits per heavy atom. The van der Waals surface area contributed by atoms with Crippen molar-refractivity contribution in [3.8, 4) is 0 Å². The Hall–Kier alpha value is -0.120. The van der Waals surface area contributed by atoms with E-state index in [1.54, 1.807) is 0 Å². The third-order valence-corrected chi connectivity index (χ3v) is 4.73. The van der Waals surface area contributed by atoms with Crippen molar-refractivity contribution in [1.29, 1.82) is 0 Å². The minimum atomic E-state index is 0.440. The van der Waals surface area contributed by atoms with E-state index in [2.05, 4.69) is 36.0 Å². The molecule has 2 aliphatic heterocycles. The van der Waals surface area contributed by atoms with Crippen LogP contribution in [0.4, 0.5) is 0 Å². The number of fused-ring (bicyclic) bond motifs is 1. The summed E-state index contributed by atoms with van der Waals surface area (Å²) in [6.45, 7) is 12.4. The summed E-state index contributed by atoms with van der Waals surface area (Å²) in [7, 11) is 2.07. The summed E-state index contributed by atoms with van der Waals surface area (Å²) in [6, 6.07) is 0.861. The fourth-order valence-corrected chi connectivity index (χ4v) is 3.46. The van der Waals surface area contributed by atoms with E-state index in [-0.39, 0.29) is 0 Å². The average molecular weight is 239 g/mol. The highest BCUT2D eigenvalue weighted by Crippen LogP contribution is 2.26. The Morgan fingerprint density at radius 2 is 2.12 bits per heavy atom. The number of rotatable bonds is 5. The van der Waals surface area contributed by atoms with E-state index in [0.29, 0.717) is 5.41 Å². The molecular weight excluding hydrogens is 210 g/mol. The molecule has 2 unspecified atom stereocenters. The first kappa shape index (κ1) is 13.3. The molecule has 0 amide bonds. The Kier molecular flexibility index (Phi) is 4.45. The van der Waals surface area contributed by atoms with Gasteiger partial charge in [-0.3, -0.25) is 9.80 Å². The molecule has 2 rings (SSSR count). The van der Waals surface area contributed by atoms with Crippen molar-refractivity contribution in [1.82, 2.24) is 15.1 Å². The van der Waals surface area contributed by atoms with Crippen molar-refractivity contribution in [2.24, 2.45) is 5.41 Å². The fourth-order valence-electron chi connectivity index (χ4n) is 3.46. The molecule has 100 valence electrons. The highest BCUT2D eigenvalue weighted by atomic mass is 15.3. The van der Waals surface area contributed by atoms with Gasteiger partial charge in [0.25, 0.3) is 0 Å². The van der Waals surface area contributed by atoms with E-state index in [1.807, 2.05) is 0 Å². The number of hydrogen-bond donors (Lipinski definition) is 1. The lowest BCUT2D eigenvalue weighted by Crippen LogP contribution is -2.53. The van der Waals surface area contributed by atoms with E-state index in [0.717, 1.165) is 12.6 Å². The molecule has 1 N–H and O–H groups in total. The van der Waals surface area contributed by atoms with Crippen LogP contribution in [0.5, 0.6) is 0 Å². The SMILES string of the molecule is CCC(C)(CNC)CN1CCN2CCCC2C1. The van der Waals surface area contributed by atoms with Crippen LogP contribution in [0, 0.1) is 5.41 Å². The quantitative estimate of drug-likeness (QED) is 0.782. The molecule has 2 saturated heterocycles. The van der Waals surface area contributed by atoms with Gasteiger partial charge in [-0.1, -0.05) is 13.8 Å². The normalized spacial score (nSPS) is 30.2. The maximum absolute atomic E-state index is 3.36. The van der Waals surface area contributed by atoms with Crippen molar-refractivity contribution >= 4 is 0 Å². The molecule has 0 radical (unpaired) electrons. The van der Waals surface area contributed by atoms with Gasteiger partial charge in [0.15, 0.2) is 0 Å². The van der Waals surface area contributed by atoms with Gasteiger partial charge >= 0.3 is 0 Å². The first-order valence-electron chi connectivity index (χ1n) is 7.28. The second kappa shape index (κ2) is 5.68. The van der Waals surface area contributed by atoms with Crippen LogP contribution < -0.4 is 5.32 Å². The number of hydrogen-bond acceptors (Lipinski definition) is 3. The van der Waals surface area contributed by atoms with Crippen LogP contribution in [0.25, 0.3) is 0 Å². The van der Waals surface area contributed by atoms with Crippen molar-refractivity contribution in [2.45, 2.75) is 39.2 Å². The molecule has 2 aliphatic rings. The van der Waals surface area contributed by atoms with E-state index >= 15 is 0 Å². The monoisotopic (exact) mass is 239 g/mol. The molecule has 0 saturated carbocycles. The minimum Gasteiger partial charge on any atom is -0.319 e. The van der Waals surface area contributed by atoms with Crippen LogP contribution in [-0.2, 0) is 0 Å². The highest BCUT2D eigenvalue weighted by molar-refractivity contribution is 4.89. The Balaban J connectivity index is 1.86. The maximum atomic E-state index is 3.36. The van der Waals surface area contributed by atoms with Crippen molar-refractivity contribution < 1.29 is 0 Å². The van der Waals surface area contributed by atoms with Gasteiger partial charge in [0.05, 0.1) is 0 Å². The summed E-state index contributed by atoms with van der Waals surface area (Å²) in [4.78, 5) is 5.39. The summed E-state index contributed by atoms with van der Waals surface area (Å²) >= 11 is 0. The lowest BCUT2D eigenvalue weighted by atomic mass is 9.86. The highest BCUT2D eigenvalue weighted by Gasteiger charge is 2.33. The van der Waals surface area contributed by atoms with Crippen LogP contribution in [0.15, 0.2) is 0 Å². The van der Waals surface area contributed by atoms with Gasteiger partial charge in [-0.2, -0.15) is 0 Å². The molecule has 2 fully saturated rings. The maximum Gasteiger partial charge on any atom is 0.0224 e. The van der Waals surface area contributed by atoms with E-state index in [9.17, 15) is 0 Å². The third kappa shape index (κ3) is 3.21. The molecule has 3 nitrogen and oxygen atoms in total. The van der Waals surface area contributed by atoms with Crippen molar-refractivity contribution in [3.05, 3.63) is 0 Å². The number of piperazine rings is 1. The lowest BCUT2D eigenvalue weighted by molar-refractivity contribution is 0.0682. The van der Waals surface area contributed by atoms with Gasteiger partial charge in [-0.15, -0.1) is 0 Å². The largest absolute Gasteiger partial charge is 0.319 e. The van der Waals surface area contributed by atoms with Gasteiger partial charge in [0.1, 0.15) is 0 Å². The molecule has 0 bridgehead atoms. The average Bonchev–Trinajstić information content (AvgIpc) is 2.76. The molecule has 0 aromatic rings. The topological polar surface area (TPSA) is 18.5 Å². The molecule has 2 heterocycles. The standard InChI is InChI=1S/C14H29N3/c1-4-14(2,11-15-3)12-16-8-9-17-7-5-6-13(17)10-16/h13,15H,4-12H2,1-3H3. The summed E-state index contributed by atoms with van der Waals surface area (Å²) in [5.41, 5.74) is 0.440. The van der Waals surface area contributed by atoms with Gasteiger partial charge < -0.3 is 5.32 Å². The number of nitrogens with zero attached hydrogens (tertiary/aromatic N) is 2. The number of nitrogens with one attached hydrogen (secondary N) is 1. The predicted molar refractivity (Wildman–Crippen MR) is 73.4 cm³/mol. The zero-order chi connectivity index (χ0) is 12.3. The first-order valence-corrected chi connectivity index (χ1v) is 7.28. The van der Waals surface area contributed by atoms with Gasteiger partial charge in [-0.25, -0.2) is 0 Å². The van der Waals surface area contributed by atoms with Crippen LogP contribution in [0.2, 0.25) is 0 Å². The van der Waals surface area contributed by atoms with Crippen molar-refractivity contribution in [2.75, 3.05) is 46.3 Å². The second-order valence-corrected chi connectivity index (χ2v) is 6.26.